The molecule has 0 atom stereocenters. The normalized spacial score (nSPS) is 11.0. The van der Waals surface area contributed by atoms with Crippen molar-refractivity contribution in [2.75, 3.05) is 0 Å². The SMILES string of the molecule is N#Cc1ccc2c3ccccc3n(-c3nc(-c4ccccc4)nc(-c4ccccc4)n3)c2c1. The molecule has 0 amide bonds. The summed E-state index contributed by atoms with van der Waals surface area (Å²) in [5.41, 5.74) is 4.28. The second kappa shape index (κ2) is 7.70. The standard InChI is InChI=1S/C28H17N5/c29-18-19-15-16-23-22-13-7-8-14-24(22)33(25(23)17-19)28-31-26(20-9-3-1-4-10-20)30-27(32-28)21-11-5-2-6-12-21/h1-17H. The first-order valence-corrected chi connectivity index (χ1v) is 10.6. The Hall–Kier alpha value is -4.82. The number of hydrogen-bond donors (Lipinski definition) is 0. The molecule has 154 valence electrons. The Labute approximate surface area is 190 Å². The summed E-state index contributed by atoms with van der Waals surface area (Å²) in [6.45, 7) is 0. The molecule has 0 aliphatic carbocycles. The summed E-state index contributed by atoms with van der Waals surface area (Å²) in [6.07, 6.45) is 0. The summed E-state index contributed by atoms with van der Waals surface area (Å²) in [5.74, 6) is 1.72. The van der Waals surface area contributed by atoms with Gasteiger partial charge in [0.2, 0.25) is 5.95 Å². The molecular weight excluding hydrogens is 406 g/mol. The molecular formula is C28H17N5. The van der Waals surface area contributed by atoms with Crippen LogP contribution in [-0.4, -0.2) is 19.5 Å². The Kier molecular flexibility index (Phi) is 4.41. The molecule has 0 bridgehead atoms. The van der Waals surface area contributed by atoms with E-state index >= 15 is 0 Å². The highest BCUT2D eigenvalue weighted by Gasteiger charge is 2.17. The van der Waals surface area contributed by atoms with Gasteiger partial charge in [-0.3, -0.25) is 4.57 Å². The molecule has 0 radical (unpaired) electrons. The monoisotopic (exact) mass is 423 g/mol. The molecule has 0 aliphatic rings. The number of nitriles is 1. The third-order valence-electron chi connectivity index (χ3n) is 5.69. The first kappa shape index (κ1) is 18.9. The zero-order valence-electron chi connectivity index (χ0n) is 17.6. The van der Waals surface area contributed by atoms with Gasteiger partial charge in [-0.1, -0.05) is 84.9 Å². The lowest BCUT2D eigenvalue weighted by atomic mass is 10.1. The van der Waals surface area contributed by atoms with E-state index in [9.17, 15) is 5.26 Å². The first-order valence-electron chi connectivity index (χ1n) is 10.6. The van der Waals surface area contributed by atoms with Crippen molar-refractivity contribution in [3.8, 4) is 34.8 Å². The van der Waals surface area contributed by atoms with Gasteiger partial charge < -0.3 is 0 Å². The number of hydrogen-bond acceptors (Lipinski definition) is 4. The highest BCUT2D eigenvalue weighted by Crippen LogP contribution is 2.32. The van der Waals surface area contributed by atoms with Crippen molar-refractivity contribution in [2.45, 2.75) is 0 Å². The van der Waals surface area contributed by atoms with Crippen LogP contribution >= 0.6 is 0 Å². The van der Waals surface area contributed by atoms with Crippen LogP contribution in [0.1, 0.15) is 5.56 Å². The van der Waals surface area contributed by atoms with Crippen molar-refractivity contribution >= 4 is 21.8 Å². The summed E-state index contributed by atoms with van der Waals surface area (Å²) < 4.78 is 2.02. The van der Waals surface area contributed by atoms with Crippen LogP contribution in [-0.2, 0) is 0 Å². The van der Waals surface area contributed by atoms with E-state index in [1.54, 1.807) is 0 Å². The minimum absolute atomic E-state index is 0.518. The average molecular weight is 423 g/mol. The lowest BCUT2D eigenvalue weighted by Gasteiger charge is -2.10. The fraction of sp³-hybridized carbons (Fsp3) is 0. The fourth-order valence-electron chi connectivity index (χ4n) is 4.15. The van der Waals surface area contributed by atoms with Crippen LogP contribution in [0.5, 0.6) is 0 Å². The third-order valence-corrected chi connectivity index (χ3v) is 5.69. The van der Waals surface area contributed by atoms with Gasteiger partial charge in [0.15, 0.2) is 11.6 Å². The Morgan fingerprint density at radius 1 is 0.576 bits per heavy atom. The largest absolute Gasteiger partial charge is 0.278 e. The zero-order valence-corrected chi connectivity index (χ0v) is 17.6. The number of fused-ring (bicyclic) bond motifs is 3. The molecule has 5 heteroatoms. The van der Waals surface area contributed by atoms with Crippen LogP contribution < -0.4 is 0 Å². The maximum Gasteiger partial charge on any atom is 0.238 e. The van der Waals surface area contributed by atoms with Crippen molar-refractivity contribution < 1.29 is 0 Å². The van der Waals surface area contributed by atoms with E-state index in [4.69, 9.17) is 15.0 Å². The summed E-state index contributed by atoms with van der Waals surface area (Å²) in [6, 6.07) is 35.9. The van der Waals surface area contributed by atoms with Crippen molar-refractivity contribution in [3.05, 3.63) is 109 Å². The van der Waals surface area contributed by atoms with Crippen LogP contribution in [0, 0.1) is 11.3 Å². The van der Waals surface area contributed by atoms with E-state index in [0.29, 0.717) is 23.2 Å². The van der Waals surface area contributed by atoms with E-state index in [-0.39, 0.29) is 0 Å². The number of nitrogens with zero attached hydrogens (tertiary/aromatic N) is 5. The molecule has 0 unspecified atom stereocenters. The Balaban J connectivity index is 1.71. The van der Waals surface area contributed by atoms with E-state index in [1.807, 2.05) is 95.6 Å². The lowest BCUT2D eigenvalue weighted by Crippen LogP contribution is -2.06. The lowest BCUT2D eigenvalue weighted by molar-refractivity contribution is 0.953. The van der Waals surface area contributed by atoms with Crippen molar-refractivity contribution in [2.24, 2.45) is 0 Å². The molecule has 0 aliphatic heterocycles. The number of para-hydroxylation sites is 1. The highest BCUT2D eigenvalue weighted by molar-refractivity contribution is 6.09. The molecule has 0 spiro atoms. The second-order valence-electron chi connectivity index (χ2n) is 7.71. The first-order chi connectivity index (χ1) is 16.3. The maximum absolute atomic E-state index is 9.52. The topological polar surface area (TPSA) is 67.4 Å². The molecule has 0 fully saturated rings. The van der Waals surface area contributed by atoms with Gasteiger partial charge in [0.1, 0.15) is 0 Å². The van der Waals surface area contributed by atoms with Crippen LogP contribution in [0.4, 0.5) is 0 Å². The van der Waals surface area contributed by atoms with Gasteiger partial charge in [-0.05, 0) is 18.2 Å². The quantitative estimate of drug-likeness (QED) is 0.341. The molecule has 33 heavy (non-hydrogen) atoms. The number of benzene rings is 4. The molecule has 0 saturated carbocycles. The molecule has 6 rings (SSSR count). The minimum Gasteiger partial charge on any atom is -0.278 e. The van der Waals surface area contributed by atoms with E-state index in [1.165, 1.54) is 0 Å². The minimum atomic E-state index is 0.518. The van der Waals surface area contributed by atoms with Crippen LogP contribution in [0.3, 0.4) is 0 Å². The number of rotatable bonds is 3. The summed E-state index contributed by atoms with van der Waals surface area (Å²) >= 11 is 0. The van der Waals surface area contributed by atoms with Crippen molar-refractivity contribution in [3.63, 3.8) is 0 Å². The highest BCUT2D eigenvalue weighted by atomic mass is 15.2. The van der Waals surface area contributed by atoms with Crippen LogP contribution in [0.2, 0.25) is 0 Å². The van der Waals surface area contributed by atoms with E-state index in [2.05, 4.69) is 18.2 Å². The maximum atomic E-state index is 9.52. The average Bonchev–Trinajstić information content (AvgIpc) is 3.23. The fourth-order valence-corrected chi connectivity index (χ4v) is 4.15. The third kappa shape index (κ3) is 3.22. The predicted molar refractivity (Wildman–Crippen MR) is 130 cm³/mol. The van der Waals surface area contributed by atoms with Gasteiger partial charge in [0.05, 0.1) is 22.7 Å². The second-order valence-corrected chi connectivity index (χ2v) is 7.71. The molecule has 0 N–H and O–H groups in total. The Morgan fingerprint density at radius 3 is 1.79 bits per heavy atom. The zero-order chi connectivity index (χ0) is 22.2. The van der Waals surface area contributed by atoms with Gasteiger partial charge in [0, 0.05) is 21.9 Å². The molecule has 2 aromatic heterocycles. The van der Waals surface area contributed by atoms with Crippen LogP contribution in [0.25, 0.3) is 50.5 Å². The molecule has 4 aromatic carbocycles. The van der Waals surface area contributed by atoms with Gasteiger partial charge in [0.25, 0.3) is 0 Å². The smallest absolute Gasteiger partial charge is 0.238 e. The van der Waals surface area contributed by atoms with Gasteiger partial charge in [-0.2, -0.15) is 15.2 Å². The molecule has 5 nitrogen and oxygen atoms in total. The predicted octanol–water partition coefficient (Wildman–Crippen LogP) is 6.17. The van der Waals surface area contributed by atoms with Crippen molar-refractivity contribution in [1.29, 1.82) is 5.26 Å². The van der Waals surface area contributed by atoms with Gasteiger partial charge >= 0.3 is 0 Å². The number of aromatic nitrogens is 4. The van der Waals surface area contributed by atoms with E-state index < -0.39 is 0 Å². The van der Waals surface area contributed by atoms with Gasteiger partial charge in [-0.25, -0.2) is 4.98 Å². The molecule has 6 aromatic rings. The van der Waals surface area contributed by atoms with Crippen LogP contribution in [0.15, 0.2) is 103 Å². The van der Waals surface area contributed by atoms with Crippen molar-refractivity contribution in [1.82, 2.24) is 19.5 Å². The summed E-state index contributed by atoms with van der Waals surface area (Å²) in [5, 5.41) is 11.7. The molecule has 0 saturated heterocycles. The van der Waals surface area contributed by atoms with E-state index in [0.717, 1.165) is 32.9 Å². The van der Waals surface area contributed by atoms with Gasteiger partial charge in [-0.15, -0.1) is 0 Å². The molecule has 2 heterocycles. The summed E-state index contributed by atoms with van der Waals surface area (Å²) in [7, 11) is 0. The Bertz CT molecular complexity index is 1600. The Morgan fingerprint density at radius 2 is 1.15 bits per heavy atom. The summed E-state index contributed by atoms with van der Waals surface area (Å²) in [4.78, 5) is 14.6.